The van der Waals surface area contributed by atoms with Crippen molar-refractivity contribution in [3.8, 4) is 5.75 Å². The Morgan fingerprint density at radius 1 is 1.10 bits per heavy atom. The van der Waals surface area contributed by atoms with Crippen molar-refractivity contribution >= 4 is 16.9 Å². The topological polar surface area (TPSA) is 62.5 Å². The molecule has 0 aliphatic heterocycles. The smallest absolute Gasteiger partial charge is 0.335 e. The summed E-state index contributed by atoms with van der Waals surface area (Å²) in [6, 6.07) is 14.1. The molecule has 0 spiro atoms. The molecule has 0 atom stereocenters. The molecule has 0 saturated carbocycles. The summed E-state index contributed by atoms with van der Waals surface area (Å²) < 4.78 is 1.97. The zero-order chi connectivity index (χ0) is 14.1. The fraction of sp³-hybridized carbons (Fsp3) is 0.0625. The number of rotatable bonds is 3. The number of benzene rings is 2. The Hall–Kier alpha value is -2.75. The van der Waals surface area contributed by atoms with E-state index in [2.05, 4.69) is 0 Å². The number of carboxylic acid groups (broad SMARTS) is 1. The maximum absolute atomic E-state index is 11.0. The van der Waals surface area contributed by atoms with Crippen LogP contribution in [-0.4, -0.2) is 20.7 Å². The van der Waals surface area contributed by atoms with Gasteiger partial charge in [-0.15, -0.1) is 0 Å². The Morgan fingerprint density at radius 3 is 2.70 bits per heavy atom. The summed E-state index contributed by atoms with van der Waals surface area (Å²) in [4.78, 5) is 11.0. The van der Waals surface area contributed by atoms with Gasteiger partial charge in [0.15, 0.2) is 0 Å². The second-order valence-corrected chi connectivity index (χ2v) is 4.69. The minimum atomic E-state index is -0.933. The van der Waals surface area contributed by atoms with E-state index >= 15 is 0 Å². The van der Waals surface area contributed by atoms with Crippen molar-refractivity contribution in [1.29, 1.82) is 0 Å². The van der Waals surface area contributed by atoms with E-state index < -0.39 is 5.97 Å². The first-order valence-electron chi connectivity index (χ1n) is 6.23. The number of phenolic OH excluding ortho intramolecular Hbond substituents is 1. The van der Waals surface area contributed by atoms with E-state index in [9.17, 15) is 9.90 Å². The highest BCUT2D eigenvalue weighted by atomic mass is 16.4. The second kappa shape index (κ2) is 4.74. The van der Waals surface area contributed by atoms with Gasteiger partial charge in [-0.05, 0) is 41.3 Å². The molecular formula is C16H13NO3. The van der Waals surface area contributed by atoms with E-state index in [4.69, 9.17) is 5.11 Å². The monoisotopic (exact) mass is 267 g/mol. The first kappa shape index (κ1) is 12.3. The quantitative estimate of drug-likeness (QED) is 0.766. The Bertz CT molecular complexity index is 789. The van der Waals surface area contributed by atoms with Crippen molar-refractivity contribution in [3.05, 3.63) is 65.9 Å². The molecule has 3 rings (SSSR count). The molecule has 4 nitrogen and oxygen atoms in total. The Morgan fingerprint density at radius 2 is 1.95 bits per heavy atom. The summed E-state index contributed by atoms with van der Waals surface area (Å²) in [7, 11) is 0. The molecule has 0 saturated heterocycles. The number of carbonyl (C=O) groups is 1. The highest BCUT2D eigenvalue weighted by Crippen LogP contribution is 2.20. The van der Waals surface area contributed by atoms with Gasteiger partial charge in [0.2, 0.25) is 0 Å². The van der Waals surface area contributed by atoms with Gasteiger partial charge in [-0.2, -0.15) is 0 Å². The van der Waals surface area contributed by atoms with Crippen LogP contribution in [0, 0.1) is 0 Å². The fourth-order valence-electron chi connectivity index (χ4n) is 2.31. The summed E-state index contributed by atoms with van der Waals surface area (Å²) in [5, 5.41) is 19.5. The molecule has 0 radical (unpaired) electrons. The van der Waals surface area contributed by atoms with E-state index in [-0.39, 0.29) is 11.3 Å². The van der Waals surface area contributed by atoms with Crippen molar-refractivity contribution in [2.24, 2.45) is 0 Å². The number of carboxylic acids is 1. The van der Waals surface area contributed by atoms with E-state index in [1.54, 1.807) is 36.4 Å². The van der Waals surface area contributed by atoms with Crippen molar-refractivity contribution in [1.82, 2.24) is 4.57 Å². The number of nitrogens with zero attached hydrogens (tertiary/aromatic N) is 1. The third-order valence-electron chi connectivity index (χ3n) is 3.28. The van der Waals surface area contributed by atoms with Crippen molar-refractivity contribution in [2.75, 3.05) is 0 Å². The molecule has 0 unspecified atom stereocenters. The first-order chi connectivity index (χ1) is 9.63. The molecule has 0 amide bonds. The molecule has 0 aliphatic rings. The normalized spacial score (nSPS) is 10.8. The van der Waals surface area contributed by atoms with Crippen LogP contribution in [0.2, 0.25) is 0 Å². The van der Waals surface area contributed by atoms with Crippen LogP contribution in [0.15, 0.2) is 54.7 Å². The van der Waals surface area contributed by atoms with Crippen LogP contribution in [0.4, 0.5) is 0 Å². The van der Waals surface area contributed by atoms with Crippen LogP contribution in [-0.2, 0) is 6.54 Å². The number of aromatic hydroxyl groups is 1. The number of phenols is 1. The molecule has 0 fully saturated rings. The van der Waals surface area contributed by atoms with E-state index in [0.717, 1.165) is 16.5 Å². The third-order valence-corrected chi connectivity index (χ3v) is 3.28. The minimum absolute atomic E-state index is 0.227. The van der Waals surface area contributed by atoms with Gasteiger partial charge in [0.1, 0.15) is 5.75 Å². The van der Waals surface area contributed by atoms with Crippen LogP contribution < -0.4 is 0 Å². The minimum Gasteiger partial charge on any atom is -0.508 e. The van der Waals surface area contributed by atoms with Gasteiger partial charge in [0, 0.05) is 18.3 Å². The lowest BCUT2D eigenvalue weighted by atomic mass is 10.1. The van der Waals surface area contributed by atoms with Crippen molar-refractivity contribution < 1.29 is 15.0 Å². The van der Waals surface area contributed by atoms with E-state index in [0.29, 0.717) is 6.54 Å². The maximum atomic E-state index is 11.0. The second-order valence-electron chi connectivity index (χ2n) is 4.69. The van der Waals surface area contributed by atoms with Gasteiger partial charge in [-0.1, -0.05) is 18.2 Å². The van der Waals surface area contributed by atoms with Crippen molar-refractivity contribution in [2.45, 2.75) is 6.54 Å². The maximum Gasteiger partial charge on any atom is 0.335 e. The Balaban J connectivity index is 2.03. The van der Waals surface area contributed by atoms with Crippen LogP contribution in [0.3, 0.4) is 0 Å². The van der Waals surface area contributed by atoms with E-state index in [1.165, 1.54) is 0 Å². The summed E-state index contributed by atoms with van der Waals surface area (Å²) >= 11 is 0. The van der Waals surface area contributed by atoms with Crippen LogP contribution >= 0.6 is 0 Å². The number of aromatic nitrogens is 1. The van der Waals surface area contributed by atoms with Crippen LogP contribution in [0.1, 0.15) is 15.9 Å². The summed E-state index contributed by atoms with van der Waals surface area (Å²) in [5.74, 6) is -0.706. The molecule has 4 heteroatoms. The zero-order valence-electron chi connectivity index (χ0n) is 10.7. The summed E-state index contributed by atoms with van der Waals surface area (Å²) in [5.41, 5.74) is 2.10. The SMILES string of the molecule is O=C(O)c1ccc2ccn(Cc3cccc(O)c3)c2c1. The van der Waals surface area contributed by atoms with Gasteiger partial charge in [-0.25, -0.2) is 4.79 Å². The fourth-order valence-corrected chi connectivity index (χ4v) is 2.31. The number of hydrogen-bond donors (Lipinski definition) is 2. The lowest BCUT2D eigenvalue weighted by Crippen LogP contribution is -2.00. The molecule has 100 valence electrons. The molecule has 2 aromatic carbocycles. The van der Waals surface area contributed by atoms with Gasteiger partial charge < -0.3 is 14.8 Å². The third kappa shape index (κ3) is 2.23. The largest absolute Gasteiger partial charge is 0.508 e. The van der Waals surface area contributed by atoms with E-state index in [1.807, 2.05) is 22.9 Å². The predicted molar refractivity (Wildman–Crippen MR) is 76.1 cm³/mol. The standard InChI is InChI=1S/C16H13NO3/c18-14-3-1-2-11(8-14)10-17-7-6-12-4-5-13(16(19)20)9-15(12)17/h1-9,18H,10H2,(H,19,20). The molecular weight excluding hydrogens is 254 g/mol. The molecule has 20 heavy (non-hydrogen) atoms. The number of aromatic carboxylic acids is 1. The van der Waals surface area contributed by atoms with Gasteiger partial charge in [-0.3, -0.25) is 0 Å². The Kier molecular flexibility index (Phi) is 2.91. The molecule has 0 bridgehead atoms. The molecule has 0 aliphatic carbocycles. The Labute approximate surface area is 115 Å². The van der Waals surface area contributed by atoms with Gasteiger partial charge in [0.05, 0.1) is 5.56 Å². The van der Waals surface area contributed by atoms with Crippen molar-refractivity contribution in [3.63, 3.8) is 0 Å². The van der Waals surface area contributed by atoms with Crippen LogP contribution in [0.5, 0.6) is 5.75 Å². The number of hydrogen-bond acceptors (Lipinski definition) is 2. The lowest BCUT2D eigenvalue weighted by Gasteiger charge is -2.07. The molecule has 1 heterocycles. The molecule has 3 aromatic rings. The summed E-state index contributed by atoms with van der Waals surface area (Å²) in [6.45, 7) is 0.584. The predicted octanol–water partition coefficient (Wildman–Crippen LogP) is 3.09. The number of fused-ring (bicyclic) bond motifs is 1. The zero-order valence-corrected chi connectivity index (χ0v) is 10.7. The highest BCUT2D eigenvalue weighted by molar-refractivity contribution is 5.93. The molecule has 2 N–H and O–H groups in total. The lowest BCUT2D eigenvalue weighted by molar-refractivity contribution is 0.0697. The van der Waals surface area contributed by atoms with Gasteiger partial charge in [0.25, 0.3) is 0 Å². The van der Waals surface area contributed by atoms with Gasteiger partial charge >= 0.3 is 5.97 Å². The molecule has 1 aromatic heterocycles. The highest BCUT2D eigenvalue weighted by Gasteiger charge is 2.07. The average molecular weight is 267 g/mol. The van der Waals surface area contributed by atoms with Crippen LogP contribution in [0.25, 0.3) is 10.9 Å². The average Bonchev–Trinajstić information content (AvgIpc) is 2.81. The first-order valence-corrected chi connectivity index (χ1v) is 6.23. The summed E-state index contributed by atoms with van der Waals surface area (Å²) in [6.07, 6.45) is 1.92.